The Balaban J connectivity index is -0.0000000959. The molecule has 0 fully saturated rings. The zero-order chi connectivity index (χ0) is 20.8. The molecule has 0 amide bonds. The Morgan fingerprint density at radius 1 is 0.966 bits per heavy atom. The van der Waals surface area contributed by atoms with Gasteiger partial charge in [0.25, 0.3) is 0 Å². The van der Waals surface area contributed by atoms with Gasteiger partial charge in [0.15, 0.2) is 31.4 Å². The Kier molecular flexibility index (Phi) is 24.4. The molecule has 10 heteroatoms. The number of methoxy groups -OCH3 is 1. The van der Waals surface area contributed by atoms with Gasteiger partial charge < -0.3 is 9.47 Å². The Morgan fingerprint density at radius 2 is 1.38 bits per heavy atom. The number of esters is 2. The lowest BCUT2D eigenvalue weighted by molar-refractivity contribution is -0.139. The molecule has 0 bridgehead atoms. The predicted molar refractivity (Wildman–Crippen MR) is 118 cm³/mol. The van der Waals surface area contributed by atoms with Crippen molar-refractivity contribution in [1.82, 2.24) is 0 Å². The Labute approximate surface area is 176 Å². The molecule has 0 aliphatic heterocycles. The molecule has 1 aromatic rings. The van der Waals surface area contributed by atoms with E-state index in [9.17, 15) is 26.4 Å². The number of hydrogen-bond acceptors (Lipinski definition) is 8. The van der Waals surface area contributed by atoms with E-state index in [0.29, 0.717) is 5.56 Å². The number of hydrogen-bond donors (Lipinski definition) is 0. The molecule has 0 aromatic heterocycles. The fraction of sp³-hybridized carbons (Fsp3) is 0.474. The van der Waals surface area contributed by atoms with Crippen LogP contribution in [0.15, 0.2) is 30.3 Å². The van der Waals surface area contributed by atoms with Crippen LogP contribution >= 0.6 is 0 Å². The highest BCUT2D eigenvalue weighted by molar-refractivity contribution is 8.07. The van der Waals surface area contributed by atoms with Gasteiger partial charge in [-0.05, 0) is 12.1 Å². The fourth-order valence-electron chi connectivity index (χ4n) is 1.22. The van der Waals surface area contributed by atoms with Gasteiger partial charge in [-0.15, -0.1) is 6.42 Å². The minimum absolute atomic E-state index is 0. The number of benzene rings is 1. The van der Waals surface area contributed by atoms with E-state index in [4.69, 9.17) is 6.42 Å². The summed E-state index contributed by atoms with van der Waals surface area (Å²) >= 11 is 0. The van der Waals surface area contributed by atoms with Gasteiger partial charge in [-0.2, -0.15) is 0 Å². The molecular formula is C19H34O8S2. The van der Waals surface area contributed by atoms with Gasteiger partial charge in [-0.1, -0.05) is 46.4 Å². The maximum absolute atomic E-state index is 10.8. The van der Waals surface area contributed by atoms with E-state index in [1.165, 1.54) is 14.0 Å². The molecule has 8 nitrogen and oxygen atoms in total. The number of carbonyl (C=O) groups is 2. The lowest BCUT2D eigenvalue weighted by Crippen LogP contribution is -2.12. The summed E-state index contributed by atoms with van der Waals surface area (Å²) in [6, 6.07) is 8.88. The molecule has 0 heterocycles. The highest BCUT2D eigenvalue weighted by atomic mass is 32.3. The molecule has 0 saturated heterocycles. The van der Waals surface area contributed by atoms with E-state index in [0.717, 1.165) is 12.5 Å². The van der Waals surface area contributed by atoms with E-state index in [1.807, 2.05) is 6.07 Å². The normalized spacial score (nSPS) is 8.93. The molecule has 1 rings (SSSR count). The zero-order valence-electron chi connectivity index (χ0n) is 15.0. The molecule has 0 aliphatic rings. The highest BCUT2D eigenvalue weighted by Gasteiger charge is 2.11. The average Bonchev–Trinajstić information content (AvgIpc) is 2.50. The minimum Gasteiger partial charge on any atom is -0.465 e. The first-order valence-corrected chi connectivity index (χ1v) is 11.0. The average molecular weight is 455 g/mol. The van der Waals surface area contributed by atoms with Crippen LogP contribution in [0.5, 0.6) is 0 Å². The molecule has 0 unspecified atom stereocenters. The SMILES string of the molecule is C.C.C.C#CCOC(C)=O.COC(=O)c1ccccc1.CS(=O)(=O)CS(C)(=O)=O. The van der Waals surface area contributed by atoms with Crippen molar-refractivity contribution < 1.29 is 35.9 Å². The zero-order valence-corrected chi connectivity index (χ0v) is 16.6. The van der Waals surface area contributed by atoms with Crippen LogP contribution in [0, 0.1) is 12.3 Å². The summed E-state index contributed by atoms with van der Waals surface area (Å²) in [5.74, 6) is 1.53. The van der Waals surface area contributed by atoms with E-state index in [-0.39, 0.29) is 40.8 Å². The Hall–Kier alpha value is -2.38. The molecule has 0 atom stereocenters. The molecule has 0 N–H and O–H groups in total. The van der Waals surface area contributed by atoms with Gasteiger partial charge in [0, 0.05) is 19.4 Å². The summed E-state index contributed by atoms with van der Waals surface area (Å²) in [5, 5.41) is -0.764. The number of carbonyl (C=O) groups excluding carboxylic acids is 2. The number of ether oxygens (including phenoxy) is 2. The van der Waals surface area contributed by atoms with E-state index in [2.05, 4.69) is 15.4 Å². The number of sulfone groups is 2. The molecule has 0 spiro atoms. The van der Waals surface area contributed by atoms with Crippen LogP contribution in [-0.2, 0) is 33.9 Å². The van der Waals surface area contributed by atoms with E-state index >= 15 is 0 Å². The van der Waals surface area contributed by atoms with Crippen molar-refractivity contribution in [1.29, 1.82) is 0 Å². The van der Waals surface area contributed by atoms with Crippen molar-refractivity contribution in [2.45, 2.75) is 29.2 Å². The summed E-state index contributed by atoms with van der Waals surface area (Å²) < 4.78 is 49.9. The van der Waals surface area contributed by atoms with Crippen LogP contribution in [0.25, 0.3) is 0 Å². The molecule has 29 heavy (non-hydrogen) atoms. The Bertz CT molecular complexity index is 776. The van der Waals surface area contributed by atoms with Gasteiger partial charge in [0.2, 0.25) is 0 Å². The first kappa shape index (κ1) is 37.4. The van der Waals surface area contributed by atoms with Crippen molar-refractivity contribution >= 4 is 31.6 Å². The van der Waals surface area contributed by atoms with Gasteiger partial charge >= 0.3 is 11.9 Å². The van der Waals surface area contributed by atoms with Crippen molar-refractivity contribution in [2.24, 2.45) is 0 Å². The second kappa shape index (κ2) is 19.0. The van der Waals surface area contributed by atoms with Crippen molar-refractivity contribution in [2.75, 3.05) is 31.3 Å². The van der Waals surface area contributed by atoms with Gasteiger partial charge in [-0.25, -0.2) is 21.6 Å². The topological polar surface area (TPSA) is 121 Å². The van der Waals surface area contributed by atoms with Crippen LogP contribution in [0.4, 0.5) is 0 Å². The smallest absolute Gasteiger partial charge is 0.337 e. The quantitative estimate of drug-likeness (QED) is 0.503. The van der Waals surface area contributed by atoms with Gasteiger partial charge in [0.1, 0.15) is 0 Å². The third kappa shape index (κ3) is 30.6. The molecule has 170 valence electrons. The van der Waals surface area contributed by atoms with Gasteiger partial charge in [0.05, 0.1) is 12.7 Å². The van der Waals surface area contributed by atoms with Crippen molar-refractivity contribution in [3.63, 3.8) is 0 Å². The Morgan fingerprint density at radius 3 is 1.59 bits per heavy atom. The number of terminal acetylenes is 1. The minimum atomic E-state index is -3.37. The van der Waals surface area contributed by atoms with Crippen molar-refractivity contribution in [3.05, 3.63) is 35.9 Å². The van der Waals surface area contributed by atoms with Crippen LogP contribution in [-0.4, -0.2) is 60.1 Å². The monoisotopic (exact) mass is 454 g/mol. The summed E-state index contributed by atoms with van der Waals surface area (Å²) in [4.78, 5) is 20.7. The third-order valence-electron chi connectivity index (χ3n) is 1.98. The molecular weight excluding hydrogens is 420 g/mol. The first-order chi connectivity index (χ1) is 11.8. The third-order valence-corrected chi connectivity index (χ3v) is 5.41. The molecule has 1 aromatic carbocycles. The van der Waals surface area contributed by atoms with Crippen molar-refractivity contribution in [3.8, 4) is 12.3 Å². The lowest BCUT2D eigenvalue weighted by Gasteiger charge is -1.95. The van der Waals surface area contributed by atoms with Crippen LogP contribution in [0.3, 0.4) is 0 Å². The summed E-state index contributed by atoms with van der Waals surface area (Å²) in [5.41, 5.74) is 0.588. The standard InChI is InChI=1S/C8H8O2.C5H6O2.C3H8O4S2.3CH4/c1-10-8(9)7-5-3-2-4-6-7;1-3-4-7-5(2)6;1-8(4,5)3-9(2,6)7;;;/h2-6H,1H3;1H,4H2,2H3;3H2,1-2H3;3*1H4. The second-order valence-electron chi connectivity index (χ2n) is 4.81. The summed E-state index contributed by atoms with van der Waals surface area (Å²) in [6.45, 7) is 1.40. The first-order valence-electron chi connectivity index (χ1n) is 6.88. The van der Waals surface area contributed by atoms with Crippen LogP contribution in [0.2, 0.25) is 0 Å². The second-order valence-corrected chi connectivity index (χ2v) is 9.46. The van der Waals surface area contributed by atoms with Gasteiger partial charge in [-0.3, -0.25) is 4.79 Å². The highest BCUT2D eigenvalue weighted by Crippen LogP contribution is 1.98. The van der Waals surface area contributed by atoms with Crippen LogP contribution < -0.4 is 0 Å². The fourth-order valence-corrected chi connectivity index (χ4v) is 4.34. The van der Waals surface area contributed by atoms with E-state index < -0.39 is 24.8 Å². The summed E-state index contributed by atoms with van der Waals surface area (Å²) in [7, 11) is -5.37. The molecule has 0 radical (unpaired) electrons. The summed E-state index contributed by atoms with van der Waals surface area (Å²) in [6.07, 6.45) is 6.52. The predicted octanol–water partition coefficient (Wildman–Crippen LogP) is 2.60. The largest absolute Gasteiger partial charge is 0.465 e. The number of rotatable bonds is 4. The maximum Gasteiger partial charge on any atom is 0.337 e. The molecule has 0 aliphatic carbocycles. The van der Waals surface area contributed by atoms with E-state index in [1.54, 1.807) is 24.3 Å². The lowest BCUT2D eigenvalue weighted by atomic mass is 10.2. The van der Waals surface area contributed by atoms with Crippen LogP contribution in [0.1, 0.15) is 39.6 Å². The maximum atomic E-state index is 10.8. The molecule has 0 saturated carbocycles.